The molecule has 0 unspecified atom stereocenters. The second kappa shape index (κ2) is 6.81. The molecular weight excluding hydrogens is 434 g/mol. The van der Waals surface area contributed by atoms with Crippen LogP contribution in [0.25, 0.3) is 17.4 Å². The van der Waals surface area contributed by atoms with Gasteiger partial charge in [-0.05, 0) is 52.3 Å². The lowest BCUT2D eigenvalue weighted by molar-refractivity contribution is -0.384. The van der Waals surface area contributed by atoms with E-state index in [0.29, 0.717) is 32.8 Å². The van der Waals surface area contributed by atoms with Gasteiger partial charge in [0.05, 0.1) is 16.2 Å². The molecule has 0 bridgehead atoms. The van der Waals surface area contributed by atoms with Crippen LogP contribution in [0.5, 0.6) is 0 Å². The molecule has 3 heterocycles. The van der Waals surface area contributed by atoms with Gasteiger partial charge < -0.3 is 4.42 Å². The van der Waals surface area contributed by atoms with Crippen LogP contribution < -0.4 is 5.01 Å². The molecule has 1 aliphatic heterocycles. The lowest BCUT2D eigenvalue weighted by Gasteiger charge is -2.04. The zero-order valence-corrected chi connectivity index (χ0v) is 15.7. The van der Waals surface area contributed by atoms with E-state index in [1.165, 1.54) is 12.1 Å². The van der Waals surface area contributed by atoms with Crippen LogP contribution in [0.15, 0.2) is 49.9 Å². The predicted molar refractivity (Wildman–Crippen MR) is 101 cm³/mol. The van der Waals surface area contributed by atoms with Gasteiger partial charge in [-0.3, -0.25) is 14.9 Å². The van der Waals surface area contributed by atoms with Crippen LogP contribution in [-0.2, 0) is 4.79 Å². The van der Waals surface area contributed by atoms with Gasteiger partial charge in [0.2, 0.25) is 0 Å². The van der Waals surface area contributed by atoms with Crippen molar-refractivity contribution >= 4 is 45.3 Å². The van der Waals surface area contributed by atoms with Crippen LogP contribution in [0.4, 0.5) is 11.6 Å². The fourth-order valence-electron chi connectivity index (χ4n) is 2.60. The third-order valence-electron chi connectivity index (χ3n) is 3.93. The average molecular weight is 444 g/mol. The van der Waals surface area contributed by atoms with Crippen molar-refractivity contribution in [2.24, 2.45) is 5.10 Å². The van der Waals surface area contributed by atoms with Gasteiger partial charge in [0.25, 0.3) is 17.5 Å². The number of benzene rings is 1. The number of aromatic amines is 1. The molecule has 3 aromatic rings. The minimum Gasteiger partial charge on any atom is -0.457 e. The van der Waals surface area contributed by atoms with Crippen LogP contribution in [-0.4, -0.2) is 37.2 Å². The molecule has 0 aliphatic carbocycles. The van der Waals surface area contributed by atoms with Crippen molar-refractivity contribution in [3.8, 4) is 11.3 Å². The number of carbonyl (C=O) groups excluding carboxylic acids is 1. The number of nitro groups is 1. The number of hydrazone groups is 1. The summed E-state index contributed by atoms with van der Waals surface area (Å²) >= 11 is 3.32. The molecule has 1 aliphatic rings. The van der Waals surface area contributed by atoms with Gasteiger partial charge in [0.1, 0.15) is 11.5 Å². The molecular formula is C16H10BrN7O4. The molecule has 0 atom stereocenters. The van der Waals surface area contributed by atoms with Crippen LogP contribution in [0.1, 0.15) is 12.7 Å². The fourth-order valence-corrected chi connectivity index (χ4v) is 3.16. The van der Waals surface area contributed by atoms with E-state index in [4.69, 9.17) is 4.42 Å². The Kier molecular flexibility index (Phi) is 4.31. The number of nitro benzene ring substituents is 1. The molecule has 0 saturated heterocycles. The molecule has 2 aromatic heterocycles. The quantitative estimate of drug-likeness (QED) is 0.370. The van der Waals surface area contributed by atoms with E-state index >= 15 is 0 Å². The molecule has 0 spiro atoms. The number of halogens is 1. The van der Waals surface area contributed by atoms with Crippen molar-refractivity contribution in [1.29, 1.82) is 0 Å². The Balaban J connectivity index is 1.63. The highest BCUT2D eigenvalue weighted by molar-refractivity contribution is 9.10. The minimum atomic E-state index is -0.476. The summed E-state index contributed by atoms with van der Waals surface area (Å²) < 4.78 is 6.31. The SMILES string of the molecule is CC1=NN(c2nn[nH]n2)C(=O)C1=Cc1ccc(-c2ccc([N+](=O)[O-])cc2Br)o1. The number of tetrazole rings is 1. The van der Waals surface area contributed by atoms with E-state index in [1.807, 2.05) is 0 Å². The van der Waals surface area contributed by atoms with Gasteiger partial charge >= 0.3 is 0 Å². The first-order valence-electron chi connectivity index (χ1n) is 7.83. The third kappa shape index (κ3) is 3.09. The van der Waals surface area contributed by atoms with E-state index in [2.05, 4.69) is 41.7 Å². The molecule has 12 heteroatoms. The number of amides is 1. The monoisotopic (exact) mass is 443 g/mol. The van der Waals surface area contributed by atoms with Crippen LogP contribution >= 0.6 is 15.9 Å². The highest BCUT2D eigenvalue weighted by Crippen LogP contribution is 2.33. The van der Waals surface area contributed by atoms with E-state index in [-0.39, 0.29) is 11.6 Å². The number of furan rings is 1. The summed E-state index contributed by atoms with van der Waals surface area (Å²) in [7, 11) is 0. The zero-order valence-electron chi connectivity index (χ0n) is 14.2. The van der Waals surface area contributed by atoms with E-state index in [1.54, 1.807) is 31.2 Å². The minimum absolute atomic E-state index is 0.0329. The first-order chi connectivity index (χ1) is 13.4. The Labute approximate surface area is 165 Å². The summed E-state index contributed by atoms with van der Waals surface area (Å²) in [6, 6.07) is 7.77. The molecule has 0 saturated carbocycles. The van der Waals surface area contributed by atoms with Gasteiger partial charge in [0, 0.05) is 22.2 Å². The number of nitrogens with one attached hydrogen (secondary N) is 1. The van der Waals surface area contributed by atoms with Gasteiger partial charge in [0.15, 0.2) is 0 Å². The second-order valence-corrected chi connectivity index (χ2v) is 6.55. The smallest absolute Gasteiger partial charge is 0.293 e. The molecule has 1 N–H and O–H groups in total. The Hall–Kier alpha value is -3.67. The predicted octanol–water partition coefficient (Wildman–Crippen LogP) is 2.94. The normalized spacial score (nSPS) is 15.4. The Bertz CT molecular complexity index is 1150. The molecule has 4 rings (SSSR count). The van der Waals surface area contributed by atoms with Gasteiger partial charge in [-0.1, -0.05) is 5.10 Å². The lowest BCUT2D eigenvalue weighted by Crippen LogP contribution is -2.22. The van der Waals surface area contributed by atoms with E-state index < -0.39 is 10.8 Å². The second-order valence-electron chi connectivity index (χ2n) is 5.70. The van der Waals surface area contributed by atoms with Crippen molar-refractivity contribution in [1.82, 2.24) is 20.6 Å². The van der Waals surface area contributed by atoms with Crippen LogP contribution in [0, 0.1) is 10.1 Å². The number of carbonyl (C=O) groups is 1. The first-order valence-corrected chi connectivity index (χ1v) is 8.62. The number of rotatable bonds is 4. The highest BCUT2D eigenvalue weighted by Gasteiger charge is 2.31. The number of nitrogens with zero attached hydrogens (tertiary/aromatic N) is 6. The Morgan fingerprint density at radius 3 is 2.82 bits per heavy atom. The number of anilines is 1. The number of aromatic nitrogens is 4. The molecule has 28 heavy (non-hydrogen) atoms. The Morgan fingerprint density at radius 2 is 2.14 bits per heavy atom. The van der Waals surface area contributed by atoms with Gasteiger partial charge in [-0.25, -0.2) is 0 Å². The molecule has 0 radical (unpaired) electrons. The molecule has 1 aromatic carbocycles. The standard InChI is InChI=1S/C16H10BrN7O4/c1-8-12(15(25)23(20-8)16-18-21-22-19-16)7-10-3-5-14(28-10)11-4-2-9(24(26)27)6-13(11)17/h2-7H,1H3,(H,18,19,21,22). The van der Waals surface area contributed by atoms with Crippen LogP contribution in [0.2, 0.25) is 0 Å². The molecule has 11 nitrogen and oxygen atoms in total. The highest BCUT2D eigenvalue weighted by atomic mass is 79.9. The summed E-state index contributed by atoms with van der Waals surface area (Å²) in [6.45, 7) is 1.68. The number of hydrogen-bond donors (Lipinski definition) is 1. The first kappa shape index (κ1) is 17.7. The fraction of sp³-hybridized carbons (Fsp3) is 0.0625. The lowest BCUT2D eigenvalue weighted by atomic mass is 10.1. The average Bonchev–Trinajstić information content (AvgIpc) is 3.39. The summed E-state index contributed by atoms with van der Waals surface area (Å²) in [4.78, 5) is 22.9. The molecule has 1 amide bonds. The maximum Gasteiger partial charge on any atom is 0.293 e. The summed E-state index contributed by atoms with van der Waals surface area (Å²) in [5, 5.41) is 29.2. The number of hydrogen-bond acceptors (Lipinski definition) is 8. The van der Waals surface area contributed by atoms with Crippen molar-refractivity contribution in [3.63, 3.8) is 0 Å². The maximum absolute atomic E-state index is 12.6. The number of H-pyrrole nitrogens is 1. The topological polar surface area (TPSA) is 143 Å². The summed E-state index contributed by atoms with van der Waals surface area (Å²) in [6.07, 6.45) is 1.56. The Morgan fingerprint density at radius 1 is 1.32 bits per heavy atom. The molecule has 0 fully saturated rings. The zero-order chi connectivity index (χ0) is 19.8. The van der Waals surface area contributed by atoms with Gasteiger partial charge in [-0.15, -0.1) is 5.10 Å². The van der Waals surface area contributed by atoms with Gasteiger partial charge in [-0.2, -0.15) is 15.3 Å². The van der Waals surface area contributed by atoms with Crippen molar-refractivity contribution in [2.45, 2.75) is 6.92 Å². The largest absolute Gasteiger partial charge is 0.457 e. The van der Waals surface area contributed by atoms with Crippen LogP contribution in [0.3, 0.4) is 0 Å². The van der Waals surface area contributed by atoms with E-state index in [0.717, 1.165) is 5.01 Å². The summed E-state index contributed by atoms with van der Waals surface area (Å²) in [5.41, 5.74) is 1.42. The van der Waals surface area contributed by atoms with Crippen molar-refractivity contribution in [2.75, 3.05) is 5.01 Å². The van der Waals surface area contributed by atoms with Crippen molar-refractivity contribution in [3.05, 3.63) is 56.3 Å². The molecule has 140 valence electrons. The summed E-state index contributed by atoms with van der Waals surface area (Å²) in [5.74, 6) is 0.549. The maximum atomic E-state index is 12.6. The van der Waals surface area contributed by atoms with Crippen molar-refractivity contribution < 1.29 is 14.1 Å². The van der Waals surface area contributed by atoms with E-state index in [9.17, 15) is 14.9 Å². The third-order valence-corrected chi connectivity index (χ3v) is 4.58. The number of non-ortho nitro benzene ring substituents is 1.